The number of nitrogens with two attached hydrogens (primary N) is 1. The van der Waals surface area contributed by atoms with Crippen LogP contribution < -0.4 is 5.73 Å². The summed E-state index contributed by atoms with van der Waals surface area (Å²) in [5.41, 5.74) is 7.21. The van der Waals surface area contributed by atoms with Gasteiger partial charge in [0, 0.05) is 11.3 Å². The van der Waals surface area contributed by atoms with Gasteiger partial charge in [-0.15, -0.1) is 10.2 Å². The van der Waals surface area contributed by atoms with Crippen molar-refractivity contribution in [2.45, 2.75) is 0 Å². The average Bonchev–Trinajstić information content (AvgIpc) is 2.63. The summed E-state index contributed by atoms with van der Waals surface area (Å²) in [6, 6.07) is 0. The molecule has 5 heteroatoms. The predicted molar refractivity (Wildman–Crippen MR) is 52.7 cm³/mol. The molecule has 70 valence electrons. The van der Waals surface area contributed by atoms with Gasteiger partial charge in [-0.2, -0.15) is 5.21 Å². The van der Waals surface area contributed by atoms with E-state index in [0.717, 1.165) is 5.57 Å². The standard InChI is InChI=1S/C9H9N5/c10-8-5-1-3-7(4-2-6-8)9-11-13-14-12-9/h1-6H,10H2,(H,11,12,13,14)/b3-1-,4-2?,5-1?,6-2?,7-3?,7-4+,8-5?,8-6?. The zero-order valence-corrected chi connectivity index (χ0v) is 7.38. The molecule has 0 saturated carbocycles. The van der Waals surface area contributed by atoms with Gasteiger partial charge in [0.05, 0.1) is 0 Å². The summed E-state index contributed by atoms with van der Waals surface area (Å²) in [5.74, 6) is 0.569. The van der Waals surface area contributed by atoms with Crippen molar-refractivity contribution < 1.29 is 0 Å². The van der Waals surface area contributed by atoms with Crippen molar-refractivity contribution in [2.75, 3.05) is 0 Å². The lowest BCUT2D eigenvalue weighted by atomic mass is 10.1. The van der Waals surface area contributed by atoms with Crippen molar-refractivity contribution >= 4 is 5.57 Å². The maximum absolute atomic E-state index is 5.61. The molecule has 2 rings (SSSR count). The Morgan fingerprint density at radius 1 is 1.14 bits per heavy atom. The Labute approximate surface area is 80.7 Å². The molecule has 3 N–H and O–H groups in total. The molecule has 0 aromatic carbocycles. The van der Waals surface area contributed by atoms with E-state index in [4.69, 9.17) is 5.73 Å². The first-order chi connectivity index (χ1) is 6.86. The fourth-order valence-electron chi connectivity index (χ4n) is 1.07. The lowest BCUT2D eigenvalue weighted by Crippen LogP contribution is -1.92. The second kappa shape index (κ2) is 3.69. The van der Waals surface area contributed by atoms with Crippen LogP contribution in [-0.4, -0.2) is 20.6 Å². The van der Waals surface area contributed by atoms with Crippen molar-refractivity contribution in [3.8, 4) is 0 Å². The Hall–Kier alpha value is -2.17. The van der Waals surface area contributed by atoms with Crippen LogP contribution in [0.15, 0.2) is 42.2 Å². The van der Waals surface area contributed by atoms with Crippen molar-refractivity contribution in [3.63, 3.8) is 0 Å². The zero-order valence-electron chi connectivity index (χ0n) is 7.38. The first-order valence-corrected chi connectivity index (χ1v) is 4.12. The quantitative estimate of drug-likeness (QED) is 0.672. The van der Waals surface area contributed by atoms with Crippen LogP contribution in [0.1, 0.15) is 5.82 Å². The van der Waals surface area contributed by atoms with Crippen LogP contribution in [0.5, 0.6) is 0 Å². The summed E-state index contributed by atoms with van der Waals surface area (Å²) in [5, 5.41) is 13.7. The first kappa shape index (κ1) is 8.43. The normalized spacial score (nSPS) is 21.7. The SMILES string of the molecule is NC1=C/C=C\C(c2nn[nH]n2)=C/C=C1. The molecule has 0 aliphatic heterocycles. The number of aromatic amines is 1. The summed E-state index contributed by atoms with van der Waals surface area (Å²) >= 11 is 0. The molecule has 0 radical (unpaired) electrons. The van der Waals surface area contributed by atoms with E-state index in [0.29, 0.717) is 11.5 Å². The van der Waals surface area contributed by atoms with Gasteiger partial charge in [-0.25, -0.2) is 0 Å². The van der Waals surface area contributed by atoms with E-state index in [1.165, 1.54) is 0 Å². The van der Waals surface area contributed by atoms with Crippen LogP contribution in [-0.2, 0) is 0 Å². The van der Waals surface area contributed by atoms with Crippen LogP contribution in [0.25, 0.3) is 5.57 Å². The van der Waals surface area contributed by atoms with E-state index in [-0.39, 0.29) is 0 Å². The van der Waals surface area contributed by atoms with Gasteiger partial charge in [0.1, 0.15) is 0 Å². The number of hydrogen-bond donors (Lipinski definition) is 2. The molecule has 0 bridgehead atoms. The van der Waals surface area contributed by atoms with Gasteiger partial charge in [0.15, 0.2) is 0 Å². The Balaban J connectivity index is 2.31. The van der Waals surface area contributed by atoms with E-state index in [1.54, 1.807) is 0 Å². The highest BCUT2D eigenvalue weighted by Gasteiger charge is 2.01. The van der Waals surface area contributed by atoms with Crippen LogP contribution >= 0.6 is 0 Å². The number of H-pyrrole nitrogens is 1. The van der Waals surface area contributed by atoms with E-state index >= 15 is 0 Å². The minimum atomic E-state index is 0.569. The summed E-state index contributed by atoms with van der Waals surface area (Å²) in [4.78, 5) is 0. The predicted octanol–water partition coefficient (Wildman–Crippen LogP) is 0.552. The fraction of sp³-hybridized carbons (Fsp3) is 0. The van der Waals surface area contributed by atoms with E-state index in [1.807, 2.05) is 36.5 Å². The van der Waals surface area contributed by atoms with Gasteiger partial charge < -0.3 is 5.73 Å². The topological polar surface area (TPSA) is 80.5 Å². The maximum atomic E-state index is 5.61. The molecule has 1 aliphatic carbocycles. The average molecular weight is 187 g/mol. The summed E-state index contributed by atoms with van der Waals surface area (Å²) in [6.07, 6.45) is 11.1. The summed E-state index contributed by atoms with van der Waals surface area (Å²) in [7, 11) is 0. The molecule has 5 nitrogen and oxygen atoms in total. The number of aromatic nitrogens is 4. The van der Waals surface area contributed by atoms with Crippen LogP contribution in [0.3, 0.4) is 0 Å². The molecule has 0 fully saturated rings. The molecule has 0 unspecified atom stereocenters. The molecule has 0 atom stereocenters. The Morgan fingerprint density at radius 3 is 2.79 bits per heavy atom. The van der Waals surface area contributed by atoms with Crippen LogP contribution in [0.2, 0.25) is 0 Å². The van der Waals surface area contributed by atoms with Gasteiger partial charge in [0.2, 0.25) is 5.82 Å². The second-order valence-corrected chi connectivity index (χ2v) is 2.74. The minimum absolute atomic E-state index is 0.569. The molecule has 1 aromatic heterocycles. The Bertz CT molecular complexity index is 422. The Kier molecular flexibility index (Phi) is 2.22. The van der Waals surface area contributed by atoms with Gasteiger partial charge in [-0.05, 0) is 17.4 Å². The minimum Gasteiger partial charge on any atom is -0.399 e. The lowest BCUT2D eigenvalue weighted by molar-refractivity contribution is 0.881. The largest absolute Gasteiger partial charge is 0.399 e. The van der Waals surface area contributed by atoms with Gasteiger partial charge >= 0.3 is 0 Å². The van der Waals surface area contributed by atoms with E-state index in [9.17, 15) is 0 Å². The van der Waals surface area contributed by atoms with Crippen molar-refractivity contribution in [1.29, 1.82) is 0 Å². The Morgan fingerprint density at radius 2 is 2.00 bits per heavy atom. The van der Waals surface area contributed by atoms with Crippen LogP contribution in [0.4, 0.5) is 0 Å². The third kappa shape index (κ3) is 1.77. The third-order valence-electron chi connectivity index (χ3n) is 1.73. The van der Waals surface area contributed by atoms with E-state index in [2.05, 4.69) is 20.6 Å². The molecule has 0 saturated heterocycles. The lowest BCUT2D eigenvalue weighted by Gasteiger charge is -1.96. The number of hydrogen-bond acceptors (Lipinski definition) is 4. The van der Waals surface area contributed by atoms with Crippen molar-refractivity contribution in [2.24, 2.45) is 5.73 Å². The van der Waals surface area contributed by atoms with Gasteiger partial charge in [0.25, 0.3) is 0 Å². The van der Waals surface area contributed by atoms with Crippen molar-refractivity contribution in [1.82, 2.24) is 20.6 Å². The number of nitrogens with one attached hydrogen (secondary N) is 1. The molecule has 14 heavy (non-hydrogen) atoms. The number of rotatable bonds is 1. The van der Waals surface area contributed by atoms with E-state index < -0.39 is 0 Å². The summed E-state index contributed by atoms with van der Waals surface area (Å²) in [6.45, 7) is 0. The van der Waals surface area contributed by atoms with Crippen LogP contribution in [0, 0.1) is 0 Å². The maximum Gasteiger partial charge on any atom is 0.204 e. The number of tetrazole rings is 1. The fourth-order valence-corrected chi connectivity index (χ4v) is 1.07. The smallest absolute Gasteiger partial charge is 0.204 e. The molecule has 1 aromatic rings. The zero-order chi connectivity index (χ0) is 9.80. The molecule has 0 spiro atoms. The van der Waals surface area contributed by atoms with Crippen molar-refractivity contribution in [3.05, 3.63) is 48.0 Å². The molecular weight excluding hydrogens is 178 g/mol. The highest BCUT2D eigenvalue weighted by molar-refractivity contribution is 5.71. The molecule has 1 heterocycles. The highest BCUT2D eigenvalue weighted by atomic mass is 15.5. The third-order valence-corrected chi connectivity index (χ3v) is 1.73. The van der Waals surface area contributed by atoms with Gasteiger partial charge in [-0.3, -0.25) is 0 Å². The first-order valence-electron chi connectivity index (χ1n) is 4.12. The monoisotopic (exact) mass is 187 g/mol. The summed E-state index contributed by atoms with van der Waals surface area (Å²) < 4.78 is 0. The van der Waals surface area contributed by atoms with Gasteiger partial charge in [-0.1, -0.05) is 24.3 Å². The second-order valence-electron chi connectivity index (χ2n) is 2.74. The molecular formula is C9H9N5. The molecule has 1 aliphatic rings. The number of nitrogens with zero attached hydrogens (tertiary/aromatic N) is 3. The number of allylic oxidation sites excluding steroid dienone is 7. The molecule has 0 amide bonds. The highest BCUT2D eigenvalue weighted by Crippen LogP contribution is 2.11.